The Labute approximate surface area is 90.8 Å². The van der Waals surface area contributed by atoms with E-state index >= 15 is 0 Å². The van der Waals surface area contributed by atoms with Gasteiger partial charge in [-0.15, -0.1) is 0 Å². The SMILES string of the molecule is C=CC=N/C(C)=C(\N)c1cccc(C)c1. The molecule has 0 atom stereocenters. The topological polar surface area (TPSA) is 38.4 Å². The molecule has 0 amide bonds. The van der Waals surface area contributed by atoms with Gasteiger partial charge in [-0.05, 0) is 25.5 Å². The number of nitrogens with zero attached hydrogens (tertiary/aromatic N) is 1. The van der Waals surface area contributed by atoms with Gasteiger partial charge in [0.15, 0.2) is 0 Å². The van der Waals surface area contributed by atoms with E-state index in [9.17, 15) is 0 Å². The predicted octanol–water partition coefficient (Wildman–Crippen LogP) is 2.90. The molecule has 0 aliphatic rings. The van der Waals surface area contributed by atoms with Crippen LogP contribution in [0.5, 0.6) is 0 Å². The van der Waals surface area contributed by atoms with Gasteiger partial charge in [0.1, 0.15) is 0 Å². The maximum Gasteiger partial charge on any atom is 0.0607 e. The molecule has 1 aromatic carbocycles. The molecule has 1 rings (SSSR count). The van der Waals surface area contributed by atoms with Gasteiger partial charge >= 0.3 is 0 Å². The van der Waals surface area contributed by atoms with Crippen LogP contribution < -0.4 is 5.73 Å². The lowest BCUT2D eigenvalue weighted by Gasteiger charge is -2.04. The van der Waals surface area contributed by atoms with Crippen molar-refractivity contribution >= 4 is 11.9 Å². The highest BCUT2D eigenvalue weighted by Gasteiger charge is 1.99. The molecule has 0 aliphatic carbocycles. The van der Waals surface area contributed by atoms with E-state index in [2.05, 4.69) is 11.6 Å². The predicted molar refractivity (Wildman–Crippen MR) is 66.6 cm³/mol. The summed E-state index contributed by atoms with van der Waals surface area (Å²) >= 11 is 0. The van der Waals surface area contributed by atoms with E-state index in [1.807, 2.05) is 38.1 Å². The van der Waals surface area contributed by atoms with Crippen molar-refractivity contribution in [2.45, 2.75) is 13.8 Å². The molecule has 0 bridgehead atoms. The Balaban J connectivity index is 3.06. The summed E-state index contributed by atoms with van der Waals surface area (Å²) in [6.45, 7) is 7.49. The maximum absolute atomic E-state index is 5.98. The zero-order valence-electron chi connectivity index (χ0n) is 9.20. The molecule has 2 N–H and O–H groups in total. The van der Waals surface area contributed by atoms with Gasteiger partial charge in [0, 0.05) is 6.21 Å². The third-order valence-corrected chi connectivity index (χ3v) is 2.09. The third-order valence-electron chi connectivity index (χ3n) is 2.09. The fraction of sp³-hybridized carbons (Fsp3) is 0.154. The highest BCUT2D eigenvalue weighted by molar-refractivity contribution is 5.74. The Hall–Kier alpha value is -1.83. The summed E-state index contributed by atoms with van der Waals surface area (Å²) < 4.78 is 0. The first kappa shape index (κ1) is 11.2. The van der Waals surface area contributed by atoms with E-state index in [1.165, 1.54) is 5.56 Å². The average molecular weight is 200 g/mol. The fourth-order valence-electron chi connectivity index (χ4n) is 1.26. The fourth-order valence-corrected chi connectivity index (χ4v) is 1.26. The standard InChI is InChI=1S/C13H16N2/c1-4-8-15-11(3)13(14)12-7-5-6-10(2)9-12/h4-9H,1,14H2,2-3H3/b13-11-,15-8?. The highest BCUT2D eigenvalue weighted by Crippen LogP contribution is 2.15. The molecule has 2 nitrogen and oxygen atoms in total. The van der Waals surface area contributed by atoms with Crippen molar-refractivity contribution in [1.29, 1.82) is 0 Å². The summed E-state index contributed by atoms with van der Waals surface area (Å²) in [5.74, 6) is 0. The molecule has 0 saturated heterocycles. The Bertz CT molecular complexity index is 414. The van der Waals surface area contributed by atoms with Crippen LogP contribution in [0.4, 0.5) is 0 Å². The Morgan fingerprint density at radius 1 is 1.47 bits per heavy atom. The van der Waals surface area contributed by atoms with Crippen molar-refractivity contribution in [1.82, 2.24) is 0 Å². The molecule has 0 saturated carbocycles. The number of nitrogens with two attached hydrogens (primary N) is 1. The van der Waals surface area contributed by atoms with Crippen LogP contribution in [0.25, 0.3) is 5.70 Å². The molecular formula is C13H16N2. The molecule has 0 fully saturated rings. The second kappa shape index (κ2) is 5.15. The van der Waals surface area contributed by atoms with Crippen molar-refractivity contribution in [2.24, 2.45) is 10.7 Å². The van der Waals surface area contributed by atoms with Gasteiger partial charge in [-0.1, -0.05) is 36.4 Å². The largest absolute Gasteiger partial charge is 0.397 e. The lowest BCUT2D eigenvalue weighted by molar-refractivity contribution is 1.28. The number of rotatable bonds is 3. The zero-order valence-corrected chi connectivity index (χ0v) is 9.20. The molecule has 0 heterocycles. The van der Waals surface area contributed by atoms with Crippen LogP contribution in [0.2, 0.25) is 0 Å². The summed E-state index contributed by atoms with van der Waals surface area (Å²) in [7, 11) is 0. The smallest absolute Gasteiger partial charge is 0.0607 e. The molecule has 0 aliphatic heterocycles. The van der Waals surface area contributed by atoms with Gasteiger partial charge in [-0.3, -0.25) is 4.99 Å². The van der Waals surface area contributed by atoms with Crippen LogP contribution in [0.1, 0.15) is 18.1 Å². The number of hydrogen-bond acceptors (Lipinski definition) is 2. The molecule has 2 heteroatoms. The number of allylic oxidation sites excluding steroid dienone is 2. The summed E-state index contributed by atoms with van der Waals surface area (Å²) in [4.78, 5) is 4.16. The maximum atomic E-state index is 5.98. The summed E-state index contributed by atoms with van der Waals surface area (Å²) in [5.41, 5.74) is 9.69. The van der Waals surface area contributed by atoms with Crippen LogP contribution in [0.3, 0.4) is 0 Å². The van der Waals surface area contributed by atoms with Crippen LogP contribution in [-0.4, -0.2) is 6.21 Å². The second-order valence-electron chi connectivity index (χ2n) is 3.38. The first-order valence-electron chi connectivity index (χ1n) is 4.83. The molecule has 1 aromatic rings. The molecular weight excluding hydrogens is 184 g/mol. The van der Waals surface area contributed by atoms with Gasteiger partial charge in [0.05, 0.1) is 11.4 Å². The molecule has 0 unspecified atom stereocenters. The minimum absolute atomic E-state index is 0.705. The van der Waals surface area contributed by atoms with Crippen LogP contribution in [0.15, 0.2) is 47.6 Å². The van der Waals surface area contributed by atoms with E-state index in [4.69, 9.17) is 5.73 Å². The van der Waals surface area contributed by atoms with Crippen LogP contribution in [-0.2, 0) is 0 Å². The lowest BCUT2D eigenvalue weighted by Crippen LogP contribution is -1.99. The van der Waals surface area contributed by atoms with Crippen molar-refractivity contribution in [3.63, 3.8) is 0 Å². The van der Waals surface area contributed by atoms with Gasteiger partial charge in [-0.25, -0.2) is 0 Å². The zero-order chi connectivity index (χ0) is 11.3. The van der Waals surface area contributed by atoms with Crippen molar-refractivity contribution in [3.05, 3.63) is 53.7 Å². The van der Waals surface area contributed by atoms with Crippen molar-refractivity contribution in [3.8, 4) is 0 Å². The molecule has 15 heavy (non-hydrogen) atoms. The first-order chi connectivity index (χ1) is 7.15. The Morgan fingerprint density at radius 2 is 2.20 bits per heavy atom. The normalized spacial score (nSPS) is 12.7. The number of aliphatic imine (C=N–C) groups is 1. The van der Waals surface area contributed by atoms with Gasteiger partial charge < -0.3 is 5.73 Å². The molecule has 0 radical (unpaired) electrons. The van der Waals surface area contributed by atoms with E-state index in [-0.39, 0.29) is 0 Å². The van der Waals surface area contributed by atoms with E-state index in [1.54, 1.807) is 12.3 Å². The number of benzene rings is 1. The quantitative estimate of drug-likeness (QED) is 0.748. The minimum atomic E-state index is 0.705. The third kappa shape index (κ3) is 3.09. The molecule has 78 valence electrons. The van der Waals surface area contributed by atoms with Crippen molar-refractivity contribution in [2.75, 3.05) is 0 Å². The van der Waals surface area contributed by atoms with E-state index in [0.29, 0.717) is 5.70 Å². The van der Waals surface area contributed by atoms with Gasteiger partial charge in [0.25, 0.3) is 0 Å². The van der Waals surface area contributed by atoms with E-state index in [0.717, 1.165) is 11.3 Å². The Morgan fingerprint density at radius 3 is 2.80 bits per heavy atom. The van der Waals surface area contributed by atoms with Crippen LogP contribution in [0, 0.1) is 6.92 Å². The summed E-state index contributed by atoms with van der Waals surface area (Å²) in [5, 5.41) is 0. The van der Waals surface area contributed by atoms with Crippen molar-refractivity contribution < 1.29 is 0 Å². The van der Waals surface area contributed by atoms with Gasteiger partial charge in [0.2, 0.25) is 0 Å². The summed E-state index contributed by atoms with van der Waals surface area (Å²) in [6.07, 6.45) is 3.27. The lowest BCUT2D eigenvalue weighted by atomic mass is 10.1. The second-order valence-corrected chi connectivity index (χ2v) is 3.38. The highest BCUT2D eigenvalue weighted by atomic mass is 14.8. The minimum Gasteiger partial charge on any atom is -0.397 e. The number of aryl methyl sites for hydroxylation is 1. The molecule has 0 spiro atoms. The summed E-state index contributed by atoms with van der Waals surface area (Å²) in [6, 6.07) is 8.05. The molecule has 0 aromatic heterocycles. The first-order valence-corrected chi connectivity index (χ1v) is 4.83. The van der Waals surface area contributed by atoms with Crippen LogP contribution >= 0.6 is 0 Å². The van der Waals surface area contributed by atoms with E-state index < -0.39 is 0 Å². The van der Waals surface area contributed by atoms with Gasteiger partial charge in [-0.2, -0.15) is 0 Å². The number of hydrogen-bond donors (Lipinski definition) is 1. The Kier molecular flexibility index (Phi) is 3.86. The average Bonchev–Trinajstić information content (AvgIpc) is 2.24. The monoisotopic (exact) mass is 200 g/mol.